The highest BCUT2D eigenvalue weighted by molar-refractivity contribution is 7.89. The molecule has 1 aromatic heterocycles. The minimum atomic E-state index is -3.70. The Labute approximate surface area is 126 Å². The van der Waals surface area contributed by atoms with Crippen LogP contribution in [0.5, 0.6) is 0 Å². The Morgan fingerprint density at radius 1 is 1.18 bits per heavy atom. The number of aryl methyl sites for hydroxylation is 1. The molecule has 0 aliphatic carbocycles. The summed E-state index contributed by atoms with van der Waals surface area (Å²) in [5, 5.41) is 0. The number of nitrogens with one attached hydrogen (secondary N) is 2. The number of hydrogen-bond donors (Lipinski definition) is 2. The Balaban J connectivity index is 1.94. The van der Waals surface area contributed by atoms with Gasteiger partial charge in [-0.2, -0.15) is 0 Å². The molecule has 2 N–H and O–H groups in total. The molecule has 2 aromatic carbocycles. The van der Waals surface area contributed by atoms with Gasteiger partial charge in [0.05, 0.1) is 10.4 Å². The average Bonchev–Trinajstić information content (AvgIpc) is 2.84. The van der Waals surface area contributed by atoms with Crippen LogP contribution in [-0.2, 0) is 16.6 Å². The Morgan fingerprint density at radius 2 is 1.91 bits per heavy atom. The van der Waals surface area contributed by atoms with Crippen molar-refractivity contribution >= 4 is 21.1 Å². The van der Waals surface area contributed by atoms with Crippen LogP contribution in [0.4, 0.5) is 0 Å². The number of aromatic nitrogens is 1. The monoisotopic (exact) mass is 318 g/mol. The fraction of sp³-hybridized carbons (Fsp3) is 0.133. The van der Waals surface area contributed by atoms with E-state index in [4.69, 9.17) is 4.42 Å². The van der Waals surface area contributed by atoms with Crippen LogP contribution in [0.3, 0.4) is 0 Å². The zero-order valence-electron chi connectivity index (χ0n) is 11.8. The lowest BCUT2D eigenvalue weighted by molar-refractivity contribution is 0.553. The normalized spacial score (nSPS) is 11.9. The molecule has 0 unspecified atom stereocenters. The number of rotatable bonds is 4. The van der Waals surface area contributed by atoms with Crippen LogP contribution >= 0.6 is 0 Å². The highest BCUT2D eigenvalue weighted by Gasteiger charge is 2.18. The Bertz CT molecular complexity index is 972. The van der Waals surface area contributed by atoms with Crippen molar-refractivity contribution in [1.82, 2.24) is 9.71 Å². The standard InChI is InChI=1S/C15H14N2O4S/c1-10-7-12-13(21-15(18)17-12)8-14(10)22(19,20)16-9-11-5-3-2-4-6-11/h2-8,16H,9H2,1H3,(H,17,18). The zero-order valence-corrected chi connectivity index (χ0v) is 12.6. The van der Waals surface area contributed by atoms with Gasteiger partial charge in [-0.3, -0.25) is 4.98 Å². The molecule has 0 saturated heterocycles. The molecular formula is C15H14N2O4S. The van der Waals surface area contributed by atoms with Crippen molar-refractivity contribution < 1.29 is 12.8 Å². The summed E-state index contributed by atoms with van der Waals surface area (Å²) in [5.41, 5.74) is 2.09. The van der Waals surface area contributed by atoms with E-state index in [-0.39, 0.29) is 17.0 Å². The second-order valence-electron chi connectivity index (χ2n) is 4.94. The van der Waals surface area contributed by atoms with Crippen molar-refractivity contribution in [3.63, 3.8) is 0 Å². The van der Waals surface area contributed by atoms with Crippen molar-refractivity contribution in [2.45, 2.75) is 18.4 Å². The number of oxazole rings is 1. The van der Waals surface area contributed by atoms with E-state index in [0.717, 1.165) is 5.56 Å². The van der Waals surface area contributed by atoms with E-state index in [2.05, 4.69) is 9.71 Å². The number of sulfonamides is 1. The maximum absolute atomic E-state index is 12.4. The molecule has 22 heavy (non-hydrogen) atoms. The minimum absolute atomic E-state index is 0.0960. The Hall–Kier alpha value is -2.38. The summed E-state index contributed by atoms with van der Waals surface area (Å²) in [6.07, 6.45) is 0. The lowest BCUT2D eigenvalue weighted by Crippen LogP contribution is -2.24. The molecule has 0 saturated carbocycles. The van der Waals surface area contributed by atoms with Crippen molar-refractivity contribution in [2.24, 2.45) is 0 Å². The van der Waals surface area contributed by atoms with Crippen molar-refractivity contribution in [3.8, 4) is 0 Å². The molecule has 0 atom stereocenters. The van der Waals surface area contributed by atoms with Gasteiger partial charge in [-0.25, -0.2) is 17.9 Å². The van der Waals surface area contributed by atoms with Gasteiger partial charge in [0.2, 0.25) is 10.0 Å². The molecule has 0 aliphatic heterocycles. The highest BCUT2D eigenvalue weighted by atomic mass is 32.2. The first kappa shape index (κ1) is 14.6. The smallest absolute Gasteiger partial charge is 0.408 e. The van der Waals surface area contributed by atoms with E-state index in [9.17, 15) is 13.2 Å². The SMILES string of the molecule is Cc1cc2[nH]c(=O)oc2cc1S(=O)(=O)NCc1ccccc1. The van der Waals surface area contributed by atoms with Crippen LogP contribution in [0.2, 0.25) is 0 Å². The third-order valence-corrected chi connectivity index (χ3v) is 4.86. The van der Waals surface area contributed by atoms with Gasteiger partial charge >= 0.3 is 5.76 Å². The molecule has 0 amide bonds. The third kappa shape index (κ3) is 2.81. The molecule has 0 radical (unpaired) electrons. The molecule has 0 spiro atoms. The number of hydrogen-bond acceptors (Lipinski definition) is 4. The fourth-order valence-electron chi connectivity index (χ4n) is 2.23. The van der Waals surface area contributed by atoms with Gasteiger partial charge in [-0.05, 0) is 24.1 Å². The second kappa shape index (κ2) is 5.43. The summed E-state index contributed by atoms with van der Waals surface area (Å²) in [6, 6.07) is 12.2. The van der Waals surface area contributed by atoms with Gasteiger partial charge in [0.1, 0.15) is 0 Å². The molecule has 3 aromatic rings. The number of aromatic amines is 1. The Kier molecular flexibility index (Phi) is 3.59. The van der Waals surface area contributed by atoms with Crippen LogP contribution in [0.25, 0.3) is 11.1 Å². The van der Waals surface area contributed by atoms with Crippen LogP contribution < -0.4 is 10.5 Å². The molecule has 114 valence electrons. The van der Waals surface area contributed by atoms with Gasteiger partial charge < -0.3 is 4.42 Å². The molecule has 3 rings (SSSR count). The largest absolute Gasteiger partial charge is 0.417 e. The topological polar surface area (TPSA) is 92.2 Å². The first-order chi connectivity index (χ1) is 10.5. The lowest BCUT2D eigenvalue weighted by atomic mass is 10.2. The van der Waals surface area contributed by atoms with E-state index in [0.29, 0.717) is 11.1 Å². The molecular weight excluding hydrogens is 304 g/mol. The maximum Gasteiger partial charge on any atom is 0.417 e. The van der Waals surface area contributed by atoms with Gasteiger partial charge in [-0.1, -0.05) is 30.3 Å². The molecule has 0 aliphatic rings. The van der Waals surface area contributed by atoms with E-state index in [1.165, 1.54) is 6.07 Å². The second-order valence-corrected chi connectivity index (χ2v) is 6.67. The molecule has 1 heterocycles. The number of benzene rings is 2. The van der Waals surface area contributed by atoms with Gasteiger partial charge in [-0.15, -0.1) is 0 Å². The zero-order chi connectivity index (χ0) is 15.7. The third-order valence-electron chi connectivity index (χ3n) is 3.32. The van der Waals surface area contributed by atoms with Gasteiger partial charge in [0.15, 0.2) is 5.58 Å². The van der Waals surface area contributed by atoms with Crippen LogP contribution in [-0.4, -0.2) is 13.4 Å². The predicted octanol–water partition coefficient (Wildman–Crippen LogP) is 1.91. The summed E-state index contributed by atoms with van der Waals surface area (Å²) in [4.78, 5) is 13.8. The maximum atomic E-state index is 12.4. The quantitative estimate of drug-likeness (QED) is 0.768. The van der Waals surface area contributed by atoms with Crippen molar-refractivity contribution in [1.29, 1.82) is 0 Å². The summed E-state index contributed by atoms with van der Waals surface area (Å²) < 4.78 is 32.3. The highest BCUT2D eigenvalue weighted by Crippen LogP contribution is 2.21. The Morgan fingerprint density at radius 3 is 2.64 bits per heavy atom. The van der Waals surface area contributed by atoms with Crippen LogP contribution in [0.15, 0.2) is 56.6 Å². The lowest BCUT2D eigenvalue weighted by Gasteiger charge is -2.09. The van der Waals surface area contributed by atoms with Crippen molar-refractivity contribution in [2.75, 3.05) is 0 Å². The van der Waals surface area contributed by atoms with E-state index in [1.807, 2.05) is 30.3 Å². The fourth-order valence-corrected chi connectivity index (χ4v) is 3.49. The van der Waals surface area contributed by atoms with E-state index in [1.54, 1.807) is 13.0 Å². The first-order valence-electron chi connectivity index (χ1n) is 6.63. The minimum Gasteiger partial charge on any atom is -0.408 e. The first-order valence-corrected chi connectivity index (χ1v) is 8.11. The summed E-state index contributed by atoms with van der Waals surface area (Å²) in [7, 11) is -3.70. The molecule has 6 nitrogen and oxygen atoms in total. The van der Waals surface area contributed by atoms with Crippen LogP contribution in [0.1, 0.15) is 11.1 Å². The van der Waals surface area contributed by atoms with Crippen molar-refractivity contribution in [3.05, 3.63) is 64.1 Å². The summed E-state index contributed by atoms with van der Waals surface area (Å²) >= 11 is 0. The van der Waals surface area contributed by atoms with Crippen LogP contribution in [0, 0.1) is 6.92 Å². The average molecular weight is 318 g/mol. The van der Waals surface area contributed by atoms with E-state index >= 15 is 0 Å². The molecule has 7 heteroatoms. The van der Waals surface area contributed by atoms with Gasteiger partial charge in [0, 0.05) is 12.6 Å². The summed E-state index contributed by atoms with van der Waals surface area (Å²) in [6.45, 7) is 1.86. The number of H-pyrrole nitrogens is 1. The van der Waals surface area contributed by atoms with E-state index < -0.39 is 15.8 Å². The predicted molar refractivity (Wildman–Crippen MR) is 82.0 cm³/mol. The molecule has 0 fully saturated rings. The van der Waals surface area contributed by atoms with Gasteiger partial charge in [0.25, 0.3) is 0 Å². The molecule has 0 bridgehead atoms. The summed E-state index contributed by atoms with van der Waals surface area (Å²) in [5.74, 6) is -0.610. The number of fused-ring (bicyclic) bond motifs is 1.